The number of carbonyl (C=O) groups excluding carboxylic acids is 3. The summed E-state index contributed by atoms with van der Waals surface area (Å²) in [4.78, 5) is 37.3. The van der Waals surface area contributed by atoms with Gasteiger partial charge in [-0.2, -0.15) is 5.26 Å². The number of nitrogens with zero attached hydrogens (tertiary/aromatic N) is 2. The molecule has 0 spiro atoms. The quantitative estimate of drug-likeness (QED) is 0.189. The Morgan fingerprint density at radius 1 is 1.48 bits per heavy atom. The average molecular weight is 359 g/mol. The summed E-state index contributed by atoms with van der Waals surface area (Å²) in [5.74, 6) is -1.87. The summed E-state index contributed by atoms with van der Waals surface area (Å²) < 4.78 is 4.14. The molecule has 2 unspecified atom stereocenters. The van der Waals surface area contributed by atoms with Crippen LogP contribution in [0.15, 0.2) is 17.1 Å². The van der Waals surface area contributed by atoms with Crippen molar-refractivity contribution in [3.8, 4) is 6.07 Å². The maximum absolute atomic E-state index is 11.9. The SMILES string of the molecule is C=C(C#N)C(=O)OC.CCCC(C)C1(CC)C(=O)N=C([O-])NC1=O.[Na+]. The van der Waals surface area contributed by atoms with E-state index in [-0.39, 0.29) is 41.0 Å². The zero-order valence-electron chi connectivity index (χ0n) is 15.3. The van der Waals surface area contributed by atoms with E-state index in [9.17, 15) is 19.5 Å². The molecule has 1 N–H and O–H groups in total. The van der Waals surface area contributed by atoms with Gasteiger partial charge in [-0.25, -0.2) is 9.79 Å². The molecule has 2 amide bonds. The van der Waals surface area contributed by atoms with Crippen LogP contribution >= 0.6 is 0 Å². The van der Waals surface area contributed by atoms with Crippen LogP contribution in [0, 0.1) is 22.7 Å². The summed E-state index contributed by atoms with van der Waals surface area (Å²) in [6, 6.07) is 0.702. The summed E-state index contributed by atoms with van der Waals surface area (Å²) in [6.07, 6.45) is 2.02. The third kappa shape index (κ3) is 6.27. The maximum atomic E-state index is 11.9. The van der Waals surface area contributed by atoms with Crippen molar-refractivity contribution in [3.05, 3.63) is 12.2 Å². The van der Waals surface area contributed by atoms with Gasteiger partial charge in [0.2, 0.25) is 5.91 Å². The van der Waals surface area contributed by atoms with Gasteiger partial charge >= 0.3 is 35.5 Å². The summed E-state index contributed by atoms with van der Waals surface area (Å²) in [5, 5.41) is 21.1. The number of hydrogen-bond donors (Lipinski definition) is 1. The predicted octanol–water partition coefficient (Wildman–Crippen LogP) is -2.57. The largest absolute Gasteiger partial charge is 1.00 e. The van der Waals surface area contributed by atoms with Crippen molar-refractivity contribution in [1.82, 2.24) is 5.32 Å². The fourth-order valence-corrected chi connectivity index (χ4v) is 2.47. The topological polar surface area (TPSA) is 132 Å². The molecule has 1 aliphatic rings. The van der Waals surface area contributed by atoms with Crippen LogP contribution < -0.4 is 40.0 Å². The van der Waals surface area contributed by atoms with Gasteiger partial charge in [-0.15, -0.1) is 0 Å². The predicted molar refractivity (Wildman–Crippen MR) is 84.1 cm³/mol. The van der Waals surface area contributed by atoms with Crippen LogP contribution in [0.1, 0.15) is 40.0 Å². The summed E-state index contributed by atoms with van der Waals surface area (Å²) >= 11 is 0. The zero-order chi connectivity index (χ0) is 18.9. The van der Waals surface area contributed by atoms with Gasteiger partial charge in [-0.05, 0) is 18.8 Å². The fraction of sp³-hybridized carbons (Fsp3) is 0.562. The number of amides is 2. The van der Waals surface area contributed by atoms with Crippen LogP contribution in [-0.4, -0.2) is 30.9 Å². The van der Waals surface area contributed by atoms with Gasteiger partial charge in [0.15, 0.2) is 0 Å². The van der Waals surface area contributed by atoms with Gasteiger partial charge in [0.05, 0.1) is 13.1 Å². The van der Waals surface area contributed by atoms with Crippen molar-refractivity contribution in [2.75, 3.05) is 7.11 Å². The van der Waals surface area contributed by atoms with Crippen LogP contribution in [0.4, 0.5) is 0 Å². The smallest absolute Gasteiger partial charge is 0.846 e. The number of methoxy groups -OCH3 is 1. The van der Waals surface area contributed by atoms with Gasteiger partial charge in [-0.1, -0.05) is 33.8 Å². The number of carbonyl (C=O) groups is 3. The van der Waals surface area contributed by atoms with Crippen molar-refractivity contribution in [2.45, 2.75) is 40.0 Å². The van der Waals surface area contributed by atoms with Gasteiger partial charge in [0.1, 0.15) is 17.1 Å². The van der Waals surface area contributed by atoms with E-state index in [0.29, 0.717) is 6.42 Å². The van der Waals surface area contributed by atoms with Crippen molar-refractivity contribution in [3.63, 3.8) is 0 Å². The van der Waals surface area contributed by atoms with Gasteiger partial charge < -0.3 is 15.2 Å². The van der Waals surface area contributed by atoms with E-state index in [1.807, 2.05) is 13.8 Å². The van der Waals surface area contributed by atoms with Crippen molar-refractivity contribution < 1.29 is 53.8 Å². The van der Waals surface area contributed by atoms with E-state index in [2.05, 4.69) is 21.6 Å². The molecule has 1 heterocycles. The first-order valence-electron chi connectivity index (χ1n) is 7.50. The Balaban J connectivity index is 0. The van der Waals surface area contributed by atoms with Gasteiger partial charge in [-0.3, -0.25) is 9.59 Å². The molecule has 1 rings (SSSR count). The van der Waals surface area contributed by atoms with E-state index in [4.69, 9.17) is 5.26 Å². The van der Waals surface area contributed by atoms with Crippen LogP contribution in [-0.2, 0) is 19.1 Å². The second kappa shape index (κ2) is 11.8. The third-order valence-corrected chi connectivity index (χ3v) is 3.90. The average Bonchev–Trinajstić information content (AvgIpc) is 2.54. The molecule has 0 aromatic heterocycles. The molecule has 0 saturated heterocycles. The molecule has 0 bridgehead atoms. The molecule has 9 heteroatoms. The standard InChI is InChI=1S/C11H18N2O3.C5H5NO2.Na/c1-4-6-7(3)11(5-2)8(14)12-10(16)13-9(11)15;1-4(3-6)5(7)8-2;/h7H,4-6H2,1-3H3,(H2,12,13,14,15,16);1H2,2H3;/q;;+1/p-1. The number of hydrogen-bond acceptors (Lipinski definition) is 6. The summed E-state index contributed by atoms with van der Waals surface area (Å²) in [5.41, 5.74) is -1.32. The molecule has 0 radical (unpaired) electrons. The second-order valence-corrected chi connectivity index (χ2v) is 5.27. The Morgan fingerprint density at radius 3 is 2.36 bits per heavy atom. The number of aliphatic imine (C=N–C) groups is 1. The molecule has 8 nitrogen and oxygen atoms in total. The molecule has 1 aliphatic heterocycles. The molecule has 25 heavy (non-hydrogen) atoms. The minimum absolute atomic E-state index is 0. The molecule has 0 saturated carbocycles. The van der Waals surface area contributed by atoms with Crippen molar-refractivity contribution in [1.29, 1.82) is 5.26 Å². The van der Waals surface area contributed by atoms with E-state index in [0.717, 1.165) is 12.8 Å². The van der Waals surface area contributed by atoms with Crippen LogP contribution in [0.5, 0.6) is 0 Å². The number of ether oxygens (including phenoxy) is 1. The first-order chi connectivity index (χ1) is 11.2. The second-order valence-electron chi connectivity index (χ2n) is 5.27. The number of amidine groups is 1. The Bertz CT molecular complexity index is 597. The van der Waals surface area contributed by atoms with Crippen LogP contribution in [0.2, 0.25) is 0 Å². The van der Waals surface area contributed by atoms with Crippen LogP contribution in [0.3, 0.4) is 0 Å². The molecule has 0 fully saturated rings. The first kappa shape index (κ1) is 25.5. The number of rotatable bonds is 5. The summed E-state index contributed by atoms with van der Waals surface area (Å²) in [6.45, 7) is 8.73. The molecule has 2 atom stereocenters. The summed E-state index contributed by atoms with van der Waals surface area (Å²) in [7, 11) is 1.20. The van der Waals surface area contributed by atoms with Gasteiger partial charge in [0.25, 0.3) is 5.91 Å². The van der Waals surface area contributed by atoms with Crippen molar-refractivity contribution >= 4 is 23.8 Å². The molecule has 0 aromatic carbocycles. The third-order valence-electron chi connectivity index (χ3n) is 3.90. The Hall–Kier alpha value is -1.69. The normalized spacial score (nSPS) is 19.7. The van der Waals surface area contributed by atoms with Crippen molar-refractivity contribution in [2.24, 2.45) is 16.3 Å². The minimum Gasteiger partial charge on any atom is -0.846 e. The maximum Gasteiger partial charge on any atom is 1.00 e. The first-order valence-corrected chi connectivity index (χ1v) is 7.50. The molecular weight excluding hydrogens is 337 g/mol. The molecule has 0 aromatic rings. The number of esters is 1. The number of nitriles is 1. The van der Waals surface area contributed by atoms with E-state index in [1.54, 1.807) is 13.0 Å². The monoisotopic (exact) mass is 359 g/mol. The van der Waals surface area contributed by atoms with E-state index in [1.165, 1.54) is 7.11 Å². The van der Waals surface area contributed by atoms with Crippen LogP contribution in [0.25, 0.3) is 0 Å². The number of nitrogens with one attached hydrogen (secondary N) is 1. The van der Waals surface area contributed by atoms with E-state index < -0.39 is 29.2 Å². The van der Waals surface area contributed by atoms with E-state index >= 15 is 0 Å². The zero-order valence-corrected chi connectivity index (χ0v) is 17.3. The van der Waals surface area contributed by atoms with Gasteiger partial charge in [0, 0.05) is 0 Å². The Morgan fingerprint density at radius 2 is 2.04 bits per heavy atom. The molecule has 0 aliphatic carbocycles. The molecular formula is C16H22N3NaO5. The molecule has 132 valence electrons. The minimum atomic E-state index is -1.15. The Labute approximate surface area is 169 Å². The fourth-order valence-electron chi connectivity index (χ4n) is 2.47. The Kier molecular flexibility index (Phi) is 12.1.